The summed E-state index contributed by atoms with van der Waals surface area (Å²) in [6, 6.07) is 37.0. The van der Waals surface area contributed by atoms with Crippen LogP contribution in [-0.4, -0.2) is 86.0 Å². The first-order valence-corrected chi connectivity index (χ1v) is 29.8. The molecule has 0 unspecified atom stereocenters. The number of amides is 1. The van der Waals surface area contributed by atoms with Gasteiger partial charge in [-0.05, 0) is 183 Å². The van der Waals surface area contributed by atoms with E-state index in [1.807, 2.05) is 20.8 Å². The standard InChI is InChI=1S/C31H28Cl2F3N3O5.C28H23Cl2F3N2O4.C7H15NO2.ClH/c1-30(2,3)44-28(40)12-13-37-29(41)20-6-4-19(5-7-20)18-42-27-17-26(21-14-22(32)16-23(33)15-21)38-39(27)24-8-10-25(11-9-24)43-31(34,35)36;1-27(2,3)39-26(36)18-6-4-17(5-7-18)16-37-25-15-24(19-12-20(29)14-21(30)13-19)34-35(25)22-8-10-23(11-9-22)38-28(31,32)33;1-7(2,3)10-6(9)4-5-8;/h4-11,14-17H,12-13,18H2,1-3H3,(H,37,41);4-15H,16H2,1-3H3;4-5,8H2,1-3H3;1H. The highest BCUT2D eigenvalue weighted by Crippen LogP contribution is 2.35. The molecule has 2 heterocycles. The smallest absolute Gasteiger partial charge is 0.473 e. The minimum Gasteiger partial charge on any atom is -0.473 e. The number of nitrogens with one attached hydrogen (secondary N) is 1. The van der Waals surface area contributed by atoms with E-state index in [9.17, 15) is 45.5 Å². The Morgan fingerprint density at radius 3 is 1.17 bits per heavy atom. The Labute approximate surface area is 565 Å². The molecule has 17 nitrogen and oxygen atoms in total. The van der Waals surface area contributed by atoms with Crippen molar-refractivity contribution < 1.29 is 78.7 Å². The molecule has 8 aromatic rings. The van der Waals surface area contributed by atoms with E-state index in [2.05, 4.69) is 25.0 Å². The monoisotopic (exact) mass is 1410 g/mol. The van der Waals surface area contributed by atoms with Crippen LogP contribution >= 0.6 is 58.8 Å². The van der Waals surface area contributed by atoms with Crippen LogP contribution in [0.5, 0.6) is 23.3 Å². The Bertz CT molecular complexity index is 3790. The number of carbonyl (C=O) groups is 4. The average Bonchev–Trinajstić information content (AvgIpc) is 1.66. The van der Waals surface area contributed by atoms with Crippen molar-refractivity contribution in [2.24, 2.45) is 5.73 Å². The number of benzene rings is 6. The summed E-state index contributed by atoms with van der Waals surface area (Å²) in [5, 5.41) is 13.4. The fourth-order valence-electron chi connectivity index (χ4n) is 7.99. The second-order valence-corrected chi connectivity index (χ2v) is 24.9. The van der Waals surface area contributed by atoms with Crippen molar-refractivity contribution in [1.29, 1.82) is 0 Å². The fraction of sp³-hybridized carbons (Fsp3) is 0.303. The van der Waals surface area contributed by atoms with Crippen LogP contribution < -0.4 is 30.0 Å². The summed E-state index contributed by atoms with van der Waals surface area (Å²) in [4.78, 5) is 47.4. The van der Waals surface area contributed by atoms with E-state index in [0.29, 0.717) is 84.0 Å². The lowest BCUT2D eigenvalue weighted by Gasteiger charge is -2.19. The van der Waals surface area contributed by atoms with Crippen LogP contribution in [0.4, 0.5) is 26.3 Å². The first-order valence-electron chi connectivity index (χ1n) is 28.3. The molecule has 0 aliphatic heterocycles. The van der Waals surface area contributed by atoms with Crippen molar-refractivity contribution >= 4 is 82.6 Å². The third-order valence-electron chi connectivity index (χ3n) is 11.7. The lowest BCUT2D eigenvalue weighted by Crippen LogP contribution is -2.29. The Morgan fingerprint density at radius 2 is 0.830 bits per heavy atom. The molecule has 0 saturated carbocycles. The average molecular weight is 1410 g/mol. The van der Waals surface area contributed by atoms with E-state index in [-0.39, 0.29) is 73.4 Å². The number of alkyl halides is 6. The molecule has 0 radical (unpaired) electrons. The summed E-state index contributed by atoms with van der Waals surface area (Å²) in [7, 11) is 0. The summed E-state index contributed by atoms with van der Waals surface area (Å²) in [5.74, 6) is -1.57. The Kier molecular flexibility index (Phi) is 27.1. The molecule has 6 aromatic carbocycles. The molecule has 504 valence electrons. The molecular formula is C66H67Cl5F6N6O11. The minimum atomic E-state index is -4.82. The van der Waals surface area contributed by atoms with E-state index in [1.165, 1.54) is 57.9 Å². The van der Waals surface area contributed by atoms with E-state index in [4.69, 9.17) is 75.8 Å². The molecule has 0 spiro atoms. The van der Waals surface area contributed by atoms with Crippen LogP contribution in [0, 0.1) is 0 Å². The summed E-state index contributed by atoms with van der Waals surface area (Å²) in [5.41, 5.74) is 8.83. The predicted octanol–water partition coefficient (Wildman–Crippen LogP) is 17.2. The largest absolute Gasteiger partial charge is 0.573 e. The van der Waals surface area contributed by atoms with Gasteiger partial charge in [0, 0.05) is 62.0 Å². The second kappa shape index (κ2) is 33.3. The van der Waals surface area contributed by atoms with Crippen LogP contribution in [0.3, 0.4) is 0 Å². The highest BCUT2D eigenvalue weighted by Gasteiger charge is 2.32. The molecule has 0 atom stereocenters. The van der Waals surface area contributed by atoms with Crippen molar-refractivity contribution in [2.75, 3.05) is 13.1 Å². The molecule has 0 aliphatic carbocycles. The maximum absolute atomic E-state index is 12.6. The first kappa shape index (κ1) is 76.5. The van der Waals surface area contributed by atoms with Crippen molar-refractivity contribution in [3.8, 4) is 57.1 Å². The van der Waals surface area contributed by atoms with Crippen LogP contribution in [0.15, 0.2) is 146 Å². The number of rotatable bonds is 19. The molecule has 0 bridgehead atoms. The number of nitrogens with zero attached hydrogens (tertiary/aromatic N) is 4. The van der Waals surface area contributed by atoms with Crippen LogP contribution in [0.2, 0.25) is 20.1 Å². The van der Waals surface area contributed by atoms with E-state index in [1.54, 1.807) is 139 Å². The zero-order valence-electron chi connectivity index (χ0n) is 52.1. The molecule has 2 aromatic heterocycles. The highest BCUT2D eigenvalue weighted by molar-refractivity contribution is 6.35. The van der Waals surface area contributed by atoms with Crippen molar-refractivity contribution in [1.82, 2.24) is 24.9 Å². The number of hydrogen-bond acceptors (Lipinski definition) is 14. The van der Waals surface area contributed by atoms with Gasteiger partial charge in [-0.15, -0.1) is 38.7 Å². The van der Waals surface area contributed by atoms with Crippen LogP contribution in [0.25, 0.3) is 33.9 Å². The van der Waals surface area contributed by atoms with E-state index < -0.39 is 35.9 Å². The maximum atomic E-state index is 12.6. The lowest BCUT2D eigenvalue weighted by molar-refractivity contribution is -0.275. The quantitative estimate of drug-likeness (QED) is 0.0439. The summed E-state index contributed by atoms with van der Waals surface area (Å²) in [6.45, 7) is 16.9. The van der Waals surface area contributed by atoms with Crippen molar-refractivity contribution in [3.05, 3.63) is 188 Å². The van der Waals surface area contributed by atoms with Crippen LogP contribution in [0.1, 0.15) is 107 Å². The number of halogens is 11. The molecule has 0 saturated heterocycles. The Balaban J connectivity index is 0.000000296. The molecular weight excluding hydrogens is 1340 g/mol. The Hall–Kier alpha value is -8.19. The molecule has 0 fully saturated rings. The van der Waals surface area contributed by atoms with Gasteiger partial charge in [0.15, 0.2) is 0 Å². The van der Waals surface area contributed by atoms with Crippen molar-refractivity contribution in [2.45, 2.75) is 118 Å². The summed E-state index contributed by atoms with van der Waals surface area (Å²) >= 11 is 24.7. The van der Waals surface area contributed by atoms with Gasteiger partial charge in [0.1, 0.15) is 41.5 Å². The van der Waals surface area contributed by atoms with Gasteiger partial charge in [-0.25, -0.2) is 14.2 Å². The number of carbonyl (C=O) groups excluding carboxylic acids is 4. The normalized spacial score (nSPS) is 11.5. The topological polar surface area (TPSA) is 207 Å². The number of hydrogen-bond donors (Lipinski definition) is 2. The van der Waals surface area contributed by atoms with Gasteiger partial charge in [-0.3, -0.25) is 14.4 Å². The molecule has 28 heteroatoms. The fourth-order valence-corrected chi connectivity index (χ4v) is 9.04. The van der Waals surface area contributed by atoms with Gasteiger partial charge in [0.05, 0.1) is 41.2 Å². The number of aromatic nitrogens is 4. The molecule has 0 aliphatic rings. The SMILES string of the molecule is CC(C)(C)OC(=O)CCN.CC(C)(C)OC(=O)CCNC(=O)c1ccc(COc2cc(-c3cc(Cl)cc(Cl)c3)nn2-c2ccc(OC(F)(F)F)cc2)cc1.CC(C)(C)OC(=O)c1ccc(COc2cc(-c3cc(Cl)cc(Cl)c3)nn2-c2ccc(OC(F)(F)F)cc2)cc1.Cl. The Morgan fingerprint density at radius 1 is 0.479 bits per heavy atom. The van der Waals surface area contributed by atoms with E-state index in [0.717, 1.165) is 11.1 Å². The van der Waals surface area contributed by atoms with E-state index >= 15 is 0 Å². The molecule has 8 rings (SSSR count). The molecule has 94 heavy (non-hydrogen) atoms. The zero-order valence-corrected chi connectivity index (χ0v) is 56.0. The number of nitrogens with two attached hydrogens (primary N) is 1. The zero-order chi connectivity index (χ0) is 68.6. The predicted molar refractivity (Wildman–Crippen MR) is 348 cm³/mol. The van der Waals surface area contributed by atoms with Crippen LogP contribution in [-0.2, 0) is 37.0 Å². The lowest BCUT2D eigenvalue weighted by atomic mass is 10.1. The third kappa shape index (κ3) is 26.3. The number of ether oxygens (including phenoxy) is 7. The summed E-state index contributed by atoms with van der Waals surface area (Å²) < 4.78 is 114. The van der Waals surface area contributed by atoms with Gasteiger partial charge in [-0.1, -0.05) is 70.7 Å². The first-order chi connectivity index (χ1) is 43.4. The number of esters is 3. The van der Waals surface area contributed by atoms with Gasteiger partial charge < -0.3 is 44.2 Å². The maximum Gasteiger partial charge on any atom is 0.573 e. The van der Waals surface area contributed by atoms with Gasteiger partial charge >= 0.3 is 30.6 Å². The van der Waals surface area contributed by atoms with Gasteiger partial charge in [0.2, 0.25) is 11.8 Å². The van der Waals surface area contributed by atoms with Gasteiger partial charge in [-0.2, -0.15) is 10.2 Å². The third-order valence-corrected chi connectivity index (χ3v) is 12.6. The summed E-state index contributed by atoms with van der Waals surface area (Å²) in [6.07, 6.45) is -9.28. The molecule has 1 amide bonds. The van der Waals surface area contributed by atoms with Gasteiger partial charge in [0.25, 0.3) is 5.91 Å². The second-order valence-electron chi connectivity index (χ2n) is 23.1. The van der Waals surface area contributed by atoms with Crippen molar-refractivity contribution in [3.63, 3.8) is 0 Å². The minimum absolute atomic E-state index is 0. The highest BCUT2D eigenvalue weighted by atomic mass is 35.5. The molecule has 3 N–H and O–H groups in total.